The number of amides is 1. The third-order valence-electron chi connectivity index (χ3n) is 4.81. The highest BCUT2D eigenvalue weighted by Gasteiger charge is 2.22. The van der Waals surface area contributed by atoms with Crippen LogP contribution in [0.3, 0.4) is 0 Å². The van der Waals surface area contributed by atoms with Crippen LogP contribution < -0.4 is 15.4 Å². The highest BCUT2D eigenvalue weighted by atomic mass is 35.5. The Kier molecular flexibility index (Phi) is 6.06. The minimum atomic E-state index is -0.235. The fourth-order valence-corrected chi connectivity index (χ4v) is 3.69. The average molecular weight is 397 g/mol. The number of aromatic amines is 1. The topological polar surface area (TPSA) is 79.0 Å². The standard InChI is InChI=1S/C18H21ClN4O2.ClH/c19-14-9-11(5-6-16(14)25-12-3-1-2-4-12)21-18(24)17-13-10-20-8-7-15(13)22-23-17;/h5-6,9,12,20H,1-4,7-8,10H2,(H,21,24)(H,22,23);1H. The number of carbonyl (C=O) groups is 1. The van der Waals surface area contributed by atoms with Crippen molar-refractivity contribution < 1.29 is 9.53 Å². The zero-order valence-corrected chi connectivity index (χ0v) is 15.9. The zero-order valence-electron chi connectivity index (χ0n) is 14.3. The number of hydrogen-bond acceptors (Lipinski definition) is 4. The molecule has 2 aliphatic rings. The van der Waals surface area contributed by atoms with Crippen molar-refractivity contribution in [3.8, 4) is 5.75 Å². The molecular formula is C18H22Cl2N4O2. The van der Waals surface area contributed by atoms with E-state index in [0.29, 0.717) is 28.7 Å². The van der Waals surface area contributed by atoms with Gasteiger partial charge in [-0.05, 0) is 43.9 Å². The van der Waals surface area contributed by atoms with Gasteiger partial charge in [-0.15, -0.1) is 12.4 Å². The first-order valence-electron chi connectivity index (χ1n) is 8.75. The summed E-state index contributed by atoms with van der Waals surface area (Å²) < 4.78 is 5.94. The highest BCUT2D eigenvalue weighted by molar-refractivity contribution is 6.32. The number of halogens is 2. The van der Waals surface area contributed by atoms with Gasteiger partial charge in [0, 0.05) is 36.5 Å². The van der Waals surface area contributed by atoms with E-state index in [4.69, 9.17) is 16.3 Å². The van der Waals surface area contributed by atoms with E-state index >= 15 is 0 Å². The van der Waals surface area contributed by atoms with Gasteiger partial charge in [0.1, 0.15) is 5.75 Å². The van der Waals surface area contributed by atoms with Gasteiger partial charge in [0.15, 0.2) is 5.69 Å². The van der Waals surface area contributed by atoms with Gasteiger partial charge >= 0.3 is 0 Å². The largest absolute Gasteiger partial charge is 0.489 e. The van der Waals surface area contributed by atoms with Gasteiger partial charge in [0.25, 0.3) is 5.91 Å². The van der Waals surface area contributed by atoms with Crippen LogP contribution in [0.5, 0.6) is 5.75 Å². The lowest BCUT2D eigenvalue weighted by Gasteiger charge is -2.15. The molecule has 1 aromatic carbocycles. The van der Waals surface area contributed by atoms with Crippen LogP contribution in [-0.2, 0) is 13.0 Å². The summed E-state index contributed by atoms with van der Waals surface area (Å²) in [6.07, 6.45) is 5.67. The van der Waals surface area contributed by atoms with Crippen molar-refractivity contribution >= 4 is 35.6 Å². The normalized spacial score (nSPS) is 16.7. The molecule has 4 rings (SSSR count). The molecule has 1 fully saturated rings. The predicted octanol–water partition coefficient (Wildman–Crippen LogP) is 3.70. The molecule has 3 N–H and O–H groups in total. The SMILES string of the molecule is Cl.O=C(Nc1ccc(OC2CCCC2)c(Cl)c1)c1n[nH]c2c1CNCC2. The van der Waals surface area contributed by atoms with Gasteiger partial charge in [-0.1, -0.05) is 11.6 Å². The quantitative estimate of drug-likeness (QED) is 0.735. The van der Waals surface area contributed by atoms with Crippen molar-refractivity contribution in [3.63, 3.8) is 0 Å². The Labute approximate surface area is 163 Å². The summed E-state index contributed by atoms with van der Waals surface area (Å²) in [4.78, 5) is 12.5. The molecule has 1 aromatic heterocycles. The Balaban J connectivity index is 0.00000196. The van der Waals surface area contributed by atoms with Crippen LogP contribution in [0.25, 0.3) is 0 Å². The van der Waals surface area contributed by atoms with E-state index in [2.05, 4.69) is 20.8 Å². The smallest absolute Gasteiger partial charge is 0.276 e. The monoisotopic (exact) mass is 396 g/mol. The fourth-order valence-electron chi connectivity index (χ4n) is 3.46. The second-order valence-electron chi connectivity index (χ2n) is 6.58. The first kappa shape index (κ1) is 19.0. The Hall–Kier alpha value is -1.76. The Morgan fingerprint density at radius 2 is 2.12 bits per heavy atom. The van der Waals surface area contributed by atoms with E-state index in [1.54, 1.807) is 6.07 Å². The molecule has 6 nitrogen and oxygen atoms in total. The molecule has 0 bridgehead atoms. The molecule has 8 heteroatoms. The summed E-state index contributed by atoms with van der Waals surface area (Å²) in [6, 6.07) is 5.35. The van der Waals surface area contributed by atoms with Crippen molar-refractivity contribution in [2.75, 3.05) is 11.9 Å². The lowest BCUT2D eigenvalue weighted by atomic mass is 10.1. The molecule has 0 saturated heterocycles. The molecule has 0 radical (unpaired) electrons. The average Bonchev–Trinajstić information content (AvgIpc) is 3.26. The number of benzene rings is 1. The Bertz CT molecular complexity index is 787. The second-order valence-corrected chi connectivity index (χ2v) is 6.99. The van der Waals surface area contributed by atoms with Gasteiger partial charge in [-0.3, -0.25) is 9.89 Å². The summed E-state index contributed by atoms with van der Waals surface area (Å²) in [7, 11) is 0. The van der Waals surface area contributed by atoms with Gasteiger partial charge in [0.05, 0.1) is 11.1 Å². The number of aromatic nitrogens is 2. The fraction of sp³-hybridized carbons (Fsp3) is 0.444. The van der Waals surface area contributed by atoms with E-state index in [1.165, 1.54) is 12.8 Å². The first-order chi connectivity index (χ1) is 12.2. The van der Waals surface area contributed by atoms with Crippen molar-refractivity contribution in [1.82, 2.24) is 15.5 Å². The van der Waals surface area contributed by atoms with Gasteiger partial charge in [-0.2, -0.15) is 5.10 Å². The molecule has 0 unspecified atom stereocenters. The summed E-state index contributed by atoms with van der Waals surface area (Å²) in [5.74, 6) is 0.439. The van der Waals surface area contributed by atoms with E-state index in [9.17, 15) is 4.79 Å². The van der Waals surface area contributed by atoms with E-state index in [0.717, 1.165) is 37.1 Å². The third-order valence-corrected chi connectivity index (χ3v) is 5.10. The first-order valence-corrected chi connectivity index (χ1v) is 9.13. The van der Waals surface area contributed by atoms with Crippen molar-refractivity contribution in [3.05, 3.63) is 40.2 Å². The molecule has 2 heterocycles. The Morgan fingerprint density at radius 3 is 2.88 bits per heavy atom. The van der Waals surface area contributed by atoms with E-state index in [1.807, 2.05) is 12.1 Å². The van der Waals surface area contributed by atoms with Crippen LogP contribution in [0.4, 0.5) is 5.69 Å². The Morgan fingerprint density at radius 1 is 1.31 bits per heavy atom. The second kappa shape index (κ2) is 8.29. The van der Waals surface area contributed by atoms with Crippen molar-refractivity contribution in [1.29, 1.82) is 0 Å². The third kappa shape index (κ3) is 3.98. The highest BCUT2D eigenvalue weighted by Crippen LogP contribution is 2.32. The van der Waals surface area contributed by atoms with Crippen LogP contribution in [0.1, 0.15) is 47.4 Å². The van der Waals surface area contributed by atoms with Crippen LogP contribution in [0.2, 0.25) is 5.02 Å². The molecule has 0 atom stereocenters. The minimum absolute atomic E-state index is 0. The van der Waals surface area contributed by atoms with Gasteiger partial charge < -0.3 is 15.4 Å². The number of nitrogens with zero attached hydrogens (tertiary/aromatic N) is 1. The van der Waals surface area contributed by atoms with Crippen LogP contribution in [-0.4, -0.2) is 28.8 Å². The molecule has 1 amide bonds. The van der Waals surface area contributed by atoms with E-state index < -0.39 is 0 Å². The number of H-pyrrole nitrogens is 1. The van der Waals surface area contributed by atoms with Crippen LogP contribution >= 0.6 is 24.0 Å². The minimum Gasteiger partial charge on any atom is -0.489 e. The van der Waals surface area contributed by atoms with Crippen LogP contribution in [0.15, 0.2) is 18.2 Å². The molecular weight excluding hydrogens is 375 g/mol. The zero-order chi connectivity index (χ0) is 17.2. The lowest BCUT2D eigenvalue weighted by molar-refractivity contribution is 0.102. The molecule has 2 aromatic rings. The van der Waals surface area contributed by atoms with Crippen molar-refractivity contribution in [2.45, 2.75) is 44.8 Å². The number of anilines is 1. The maximum absolute atomic E-state index is 12.5. The van der Waals surface area contributed by atoms with E-state index in [-0.39, 0.29) is 24.4 Å². The molecule has 1 saturated carbocycles. The lowest BCUT2D eigenvalue weighted by Crippen LogP contribution is -2.25. The summed E-state index contributed by atoms with van der Waals surface area (Å²) in [5.41, 5.74) is 3.04. The van der Waals surface area contributed by atoms with Crippen molar-refractivity contribution in [2.24, 2.45) is 0 Å². The molecule has 1 aliphatic heterocycles. The number of fused-ring (bicyclic) bond motifs is 1. The number of hydrogen-bond donors (Lipinski definition) is 3. The number of nitrogens with one attached hydrogen (secondary N) is 3. The summed E-state index contributed by atoms with van der Waals surface area (Å²) in [5, 5.41) is 13.8. The molecule has 0 spiro atoms. The van der Waals surface area contributed by atoms with Gasteiger partial charge in [0.2, 0.25) is 0 Å². The molecule has 1 aliphatic carbocycles. The number of rotatable bonds is 4. The number of ether oxygens (including phenoxy) is 1. The summed E-state index contributed by atoms with van der Waals surface area (Å²) in [6.45, 7) is 1.55. The van der Waals surface area contributed by atoms with Crippen LogP contribution in [0, 0.1) is 0 Å². The maximum atomic E-state index is 12.5. The number of carbonyl (C=O) groups excluding carboxylic acids is 1. The maximum Gasteiger partial charge on any atom is 0.276 e. The summed E-state index contributed by atoms with van der Waals surface area (Å²) >= 11 is 6.32. The predicted molar refractivity (Wildman–Crippen MR) is 104 cm³/mol. The molecule has 26 heavy (non-hydrogen) atoms. The molecule has 140 valence electrons. The van der Waals surface area contributed by atoms with Gasteiger partial charge in [-0.25, -0.2) is 0 Å².